The second-order valence-electron chi connectivity index (χ2n) is 3.73. The lowest BCUT2D eigenvalue weighted by Crippen LogP contribution is -2.27. The van der Waals surface area contributed by atoms with Crippen LogP contribution in [0.1, 0.15) is 16.8 Å². The number of hydrogen-bond acceptors (Lipinski definition) is 2. The quantitative estimate of drug-likeness (QED) is 0.810. The lowest BCUT2D eigenvalue weighted by atomic mass is 10.2. The van der Waals surface area contributed by atoms with E-state index in [-0.39, 0.29) is 15.8 Å². The summed E-state index contributed by atoms with van der Waals surface area (Å²) < 4.78 is 18.1. The second-order valence-corrected chi connectivity index (χ2v) is 5.20. The van der Waals surface area contributed by atoms with Crippen LogP contribution < -0.4 is 5.32 Å². The van der Waals surface area contributed by atoms with E-state index in [1.807, 2.05) is 0 Å². The minimum atomic E-state index is -0.396. The van der Waals surface area contributed by atoms with Crippen molar-refractivity contribution in [1.29, 1.82) is 0 Å². The second kappa shape index (κ2) is 7.71. The molecule has 1 atom stereocenters. The topological polar surface area (TPSA) is 38.3 Å². The van der Waals surface area contributed by atoms with Crippen molar-refractivity contribution >= 4 is 33.4 Å². The van der Waals surface area contributed by atoms with Crippen LogP contribution in [0.25, 0.3) is 0 Å². The highest BCUT2D eigenvalue weighted by Crippen LogP contribution is 2.16. The van der Waals surface area contributed by atoms with Gasteiger partial charge >= 0.3 is 0 Å². The van der Waals surface area contributed by atoms with E-state index in [0.717, 1.165) is 0 Å². The summed E-state index contributed by atoms with van der Waals surface area (Å²) in [6, 6.07) is 4.12. The third-order valence-corrected chi connectivity index (χ3v) is 3.22. The number of alkyl halides is 1. The molecule has 0 saturated carbocycles. The summed E-state index contributed by atoms with van der Waals surface area (Å²) >= 11 is 8.96. The molecule has 0 aliphatic rings. The zero-order chi connectivity index (χ0) is 13.5. The van der Waals surface area contributed by atoms with Crippen molar-refractivity contribution < 1.29 is 13.9 Å². The molecule has 0 aliphatic heterocycles. The summed E-state index contributed by atoms with van der Waals surface area (Å²) in [7, 11) is 1.57. The van der Waals surface area contributed by atoms with Gasteiger partial charge in [0.2, 0.25) is 0 Å². The third-order valence-electron chi connectivity index (χ3n) is 2.27. The van der Waals surface area contributed by atoms with Crippen LogP contribution in [0.15, 0.2) is 22.7 Å². The Kier molecular flexibility index (Phi) is 6.60. The first-order valence-electron chi connectivity index (χ1n) is 5.41. The van der Waals surface area contributed by atoms with Gasteiger partial charge in [-0.25, -0.2) is 4.39 Å². The van der Waals surface area contributed by atoms with Gasteiger partial charge in [-0.2, -0.15) is 0 Å². The Hall–Kier alpha value is -0.650. The van der Waals surface area contributed by atoms with Gasteiger partial charge in [0.15, 0.2) is 0 Å². The van der Waals surface area contributed by atoms with Crippen molar-refractivity contribution in [2.24, 2.45) is 0 Å². The molecule has 1 unspecified atom stereocenters. The summed E-state index contributed by atoms with van der Waals surface area (Å²) in [6.07, 6.45) is 0.615. The van der Waals surface area contributed by atoms with Gasteiger partial charge in [0.05, 0.1) is 16.5 Å². The maximum Gasteiger partial charge on any atom is 0.251 e. The van der Waals surface area contributed by atoms with Gasteiger partial charge in [-0.15, -0.1) is 11.6 Å². The van der Waals surface area contributed by atoms with Crippen molar-refractivity contribution in [3.63, 3.8) is 0 Å². The Morgan fingerprint density at radius 3 is 2.94 bits per heavy atom. The van der Waals surface area contributed by atoms with Crippen LogP contribution in [0.3, 0.4) is 0 Å². The molecule has 1 aromatic carbocycles. The largest absolute Gasteiger partial charge is 0.383 e. The van der Waals surface area contributed by atoms with E-state index in [0.29, 0.717) is 25.1 Å². The summed E-state index contributed by atoms with van der Waals surface area (Å²) in [5, 5.41) is 2.58. The Balaban J connectivity index is 2.43. The molecule has 3 nitrogen and oxygen atoms in total. The van der Waals surface area contributed by atoms with E-state index < -0.39 is 5.82 Å². The van der Waals surface area contributed by atoms with E-state index in [1.54, 1.807) is 7.11 Å². The van der Waals surface area contributed by atoms with Gasteiger partial charge in [0.1, 0.15) is 5.82 Å². The number of amides is 1. The highest BCUT2D eigenvalue weighted by molar-refractivity contribution is 9.10. The molecule has 0 radical (unpaired) electrons. The van der Waals surface area contributed by atoms with Crippen LogP contribution in [-0.2, 0) is 4.74 Å². The number of benzene rings is 1. The maximum atomic E-state index is 13.0. The zero-order valence-electron chi connectivity index (χ0n) is 9.88. The van der Waals surface area contributed by atoms with Crippen molar-refractivity contribution in [1.82, 2.24) is 5.32 Å². The smallest absolute Gasteiger partial charge is 0.251 e. The minimum Gasteiger partial charge on any atom is -0.383 e. The van der Waals surface area contributed by atoms with Gasteiger partial charge in [0.25, 0.3) is 5.91 Å². The Bertz CT molecular complexity index is 417. The van der Waals surface area contributed by atoms with Crippen LogP contribution in [0.5, 0.6) is 0 Å². The van der Waals surface area contributed by atoms with Gasteiger partial charge < -0.3 is 10.1 Å². The fourth-order valence-corrected chi connectivity index (χ4v) is 1.96. The summed E-state index contributed by atoms with van der Waals surface area (Å²) in [6.45, 7) is 0.894. The number of ether oxygens (including phenoxy) is 1. The Labute approximate surface area is 119 Å². The van der Waals surface area contributed by atoms with Gasteiger partial charge in [-0.05, 0) is 40.5 Å². The number of carbonyl (C=O) groups is 1. The molecule has 0 aliphatic carbocycles. The predicted molar refractivity (Wildman–Crippen MR) is 72.6 cm³/mol. The third kappa shape index (κ3) is 4.92. The predicted octanol–water partition coefficient (Wildman–Crippen LogP) is 2.96. The number of rotatable bonds is 6. The average Bonchev–Trinajstić information content (AvgIpc) is 2.33. The van der Waals surface area contributed by atoms with E-state index in [2.05, 4.69) is 21.2 Å². The molecule has 1 aromatic rings. The van der Waals surface area contributed by atoms with Crippen molar-refractivity contribution in [2.45, 2.75) is 11.8 Å². The first kappa shape index (κ1) is 15.4. The van der Waals surface area contributed by atoms with E-state index in [1.165, 1.54) is 18.2 Å². The molecule has 0 spiro atoms. The van der Waals surface area contributed by atoms with E-state index in [9.17, 15) is 9.18 Å². The fourth-order valence-electron chi connectivity index (χ4n) is 1.35. The standard InChI is InChI=1S/C12H14BrClFNO2/c1-18-7-9(14)4-5-16-12(17)8-2-3-11(15)10(13)6-8/h2-3,6,9H,4-5,7H2,1H3,(H,16,17). The molecule has 18 heavy (non-hydrogen) atoms. The highest BCUT2D eigenvalue weighted by Gasteiger charge is 2.09. The minimum absolute atomic E-state index is 0.129. The van der Waals surface area contributed by atoms with Gasteiger partial charge in [0, 0.05) is 19.2 Å². The molecule has 100 valence electrons. The first-order valence-corrected chi connectivity index (χ1v) is 6.63. The Morgan fingerprint density at radius 1 is 1.61 bits per heavy atom. The normalized spacial score (nSPS) is 12.2. The molecular weight excluding hydrogens is 324 g/mol. The summed E-state index contributed by atoms with van der Waals surface area (Å²) in [5.41, 5.74) is 0.404. The van der Waals surface area contributed by atoms with E-state index >= 15 is 0 Å². The van der Waals surface area contributed by atoms with Crippen molar-refractivity contribution in [2.75, 3.05) is 20.3 Å². The van der Waals surface area contributed by atoms with Crippen molar-refractivity contribution in [3.05, 3.63) is 34.1 Å². The highest BCUT2D eigenvalue weighted by atomic mass is 79.9. The van der Waals surface area contributed by atoms with E-state index in [4.69, 9.17) is 16.3 Å². The van der Waals surface area contributed by atoms with Gasteiger partial charge in [-0.1, -0.05) is 0 Å². The van der Waals surface area contributed by atoms with Crippen molar-refractivity contribution in [3.8, 4) is 0 Å². The average molecular weight is 339 g/mol. The first-order chi connectivity index (χ1) is 8.54. The van der Waals surface area contributed by atoms with Crippen LogP contribution in [0.4, 0.5) is 4.39 Å². The molecular formula is C12H14BrClFNO2. The van der Waals surface area contributed by atoms with Crippen LogP contribution in [0.2, 0.25) is 0 Å². The summed E-state index contributed by atoms with van der Waals surface area (Å²) in [4.78, 5) is 11.7. The van der Waals surface area contributed by atoms with Crippen LogP contribution in [-0.4, -0.2) is 31.5 Å². The monoisotopic (exact) mass is 337 g/mol. The van der Waals surface area contributed by atoms with Crippen LogP contribution in [0, 0.1) is 5.82 Å². The zero-order valence-corrected chi connectivity index (χ0v) is 12.2. The number of nitrogens with one attached hydrogen (secondary N) is 1. The maximum absolute atomic E-state index is 13.0. The number of hydrogen-bond donors (Lipinski definition) is 1. The molecule has 0 fully saturated rings. The van der Waals surface area contributed by atoms with Crippen LogP contribution >= 0.6 is 27.5 Å². The Morgan fingerprint density at radius 2 is 2.33 bits per heavy atom. The number of carbonyl (C=O) groups excluding carboxylic acids is 1. The van der Waals surface area contributed by atoms with Gasteiger partial charge in [-0.3, -0.25) is 4.79 Å². The fraction of sp³-hybridized carbons (Fsp3) is 0.417. The molecule has 0 aromatic heterocycles. The molecule has 1 rings (SSSR count). The lowest BCUT2D eigenvalue weighted by molar-refractivity contribution is 0.0951. The lowest BCUT2D eigenvalue weighted by Gasteiger charge is -2.09. The molecule has 1 N–H and O–H groups in total. The number of halogens is 3. The molecule has 0 saturated heterocycles. The molecule has 6 heteroatoms. The molecule has 0 bridgehead atoms. The molecule has 1 amide bonds. The number of methoxy groups -OCH3 is 1. The molecule has 0 heterocycles. The SMILES string of the molecule is COCC(Cl)CCNC(=O)c1ccc(F)c(Br)c1. The summed E-state index contributed by atoms with van der Waals surface area (Å²) in [5.74, 6) is -0.649.